The molecule has 2 aromatic rings. The maximum absolute atomic E-state index is 13.1. The van der Waals surface area contributed by atoms with Gasteiger partial charge in [0.2, 0.25) is 5.91 Å². The highest BCUT2D eigenvalue weighted by molar-refractivity contribution is 8.00. The monoisotopic (exact) mass is 448 g/mol. The van der Waals surface area contributed by atoms with Crippen molar-refractivity contribution in [1.29, 1.82) is 0 Å². The Kier molecular flexibility index (Phi) is 6.40. The molecule has 4 rings (SSSR count). The van der Waals surface area contributed by atoms with E-state index in [9.17, 15) is 19.7 Å². The fourth-order valence-electron chi connectivity index (χ4n) is 3.35. The standard InChI is InChI=1S/C19H20N4O5S2/c24-16(20-10-14-2-1-8-28-14)11-30-19-21-15-7-9-29-17(15)18(25)22(19)12-3-5-13(6-4-12)23(26)27/h3-6,14H,1-2,7-11H2,(H,20,24)/t14-/m1/s1. The lowest BCUT2D eigenvalue weighted by Gasteiger charge is -2.14. The van der Waals surface area contributed by atoms with Gasteiger partial charge in [0, 0.05) is 37.5 Å². The molecule has 1 atom stereocenters. The highest BCUT2D eigenvalue weighted by Gasteiger charge is 2.23. The van der Waals surface area contributed by atoms with E-state index in [4.69, 9.17) is 4.74 Å². The van der Waals surface area contributed by atoms with Gasteiger partial charge in [-0.2, -0.15) is 0 Å². The van der Waals surface area contributed by atoms with Crippen LogP contribution in [0.5, 0.6) is 0 Å². The van der Waals surface area contributed by atoms with E-state index in [1.807, 2.05) is 0 Å². The van der Waals surface area contributed by atoms with Gasteiger partial charge in [-0.3, -0.25) is 24.3 Å². The normalized spacial score (nSPS) is 17.7. The Hall–Kier alpha value is -2.37. The predicted octanol–water partition coefficient (Wildman–Crippen LogP) is 2.18. The summed E-state index contributed by atoms with van der Waals surface area (Å²) in [4.78, 5) is 41.0. The number of thioether (sulfide) groups is 2. The molecule has 0 saturated carbocycles. The number of nitrogens with zero attached hydrogens (tertiary/aromatic N) is 3. The van der Waals surface area contributed by atoms with Gasteiger partial charge in [0.15, 0.2) is 5.16 Å². The average Bonchev–Trinajstić information content (AvgIpc) is 3.43. The third kappa shape index (κ3) is 4.52. The number of hydrogen-bond acceptors (Lipinski definition) is 8. The Morgan fingerprint density at radius 3 is 2.90 bits per heavy atom. The number of nitro benzene ring substituents is 1. The molecule has 1 fully saturated rings. The van der Waals surface area contributed by atoms with Crippen LogP contribution < -0.4 is 10.9 Å². The maximum atomic E-state index is 13.1. The molecule has 0 bridgehead atoms. The number of nitro groups is 1. The molecule has 1 N–H and O–H groups in total. The lowest BCUT2D eigenvalue weighted by molar-refractivity contribution is -0.384. The first-order chi connectivity index (χ1) is 14.5. The summed E-state index contributed by atoms with van der Waals surface area (Å²) in [5, 5.41) is 14.2. The molecule has 0 aliphatic carbocycles. The van der Waals surface area contributed by atoms with E-state index in [2.05, 4.69) is 10.3 Å². The first-order valence-electron chi connectivity index (χ1n) is 9.57. The van der Waals surface area contributed by atoms with Crippen LogP contribution in [0.15, 0.2) is 39.1 Å². The van der Waals surface area contributed by atoms with Crippen molar-refractivity contribution >= 4 is 35.1 Å². The van der Waals surface area contributed by atoms with Gasteiger partial charge in [-0.15, -0.1) is 11.8 Å². The smallest absolute Gasteiger partial charge is 0.272 e. The number of non-ortho nitro benzene ring substituents is 1. The molecule has 1 amide bonds. The topological polar surface area (TPSA) is 116 Å². The number of nitrogens with one attached hydrogen (secondary N) is 1. The van der Waals surface area contributed by atoms with Gasteiger partial charge >= 0.3 is 0 Å². The summed E-state index contributed by atoms with van der Waals surface area (Å²) in [7, 11) is 0. The average molecular weight is 449 g/mol. The fourth-order valence-corrected chi connectivity index (χ4v) is 5.24. The van der Waals surface area contributed by atoms with E-state index in [0.717, 1.165) is 30.9 Å². The Balaban J connectivity index is 1.55. The molecule has 9 nitrogen and oxygen atoms in total. The van der Waals surface area contributed by atoms with Crippen LogP contribution in [0.1, 0.15) is 18.5 Å². The summed E-state index contributed by atoms with van der Waals surface area (Å²) in [5.74, 6) is 0.737. The Bertz CT molecular complexity index is 1020. The fraction of sp³-hybridized carbons (Fsp3) is 0.421. The van der Waals surface area contributed by atoms with Crippen LogP contribution in [0.25, 0.3) is 5.69 Å². The summed E-state index contributed by atoms with van der Waals surface area (Å²) >= 11 is 2.64. The second-order valence-corrected chi connectivity index (χ2v) is 8.96. The SMILES string of the molecule is O=C(CSc1nc2c(c(=O)n1-c1ccc([N+](=O)[O-])cc1)SCC2)NC[C@H]1CCCO1. The minimum Gasteiger partial charge on any atom is -0.376 e. The first kappa shape index (κ1) is 20.9. The number of amides is 1. The molecule has 158 valence electrons. The maximum Gasteiger partial charge on any atom is 0.272 e. The lowest BCUT2D eigenvalue weighted by atomic mass is 10.2. The molecular weight excluding hydrogens is 428 g/mol. The summed E-state index contributed by atoms with van der Waals surface area (Å²) in [6.07, 6.45) is 2.72. The summed E-state index contributed by atoms with van der Waals surface area (Å²) < 4.78 is 6.94. The van der Waals surface area contributed by atoms with Crippen molar-refractivity contribution in [3.05, 3.63) is 50.4 Å². The summed E-state index contributed by atoms with van der Waals surface area (Å²) in [5.41, 5.74) is 0.956. The van der Waals surface area contributed by atoms with E-state index in [0.29, 0.717) is 28.7 Å². The number of carbonyl (C=O) groups is 1. The minimum atomic E-state index is -0.489. The number of fused-ring (bicyclic) bond motifs is 1. The first-order valence-corrected chi connectivity index (χ1v) is 11.5. The summed E-state index contributed by atoms with van der Waals surface area (Å²) in [6, 6.07) is 5.75. The van der Waals surface area contributed by atoms with Crippen molar-refractivity contribution in [2.45, 2.75) is 35.4 Å². The van der Waals surface area contributed by atoms with Gasteiger partial charge in [0.1, 0.15) is 0 Å². The molecule has 0 radical (unpaired) electrons. The van der Waals surface area contributed by atoms with Crippen LogP contribution in [-0.4, -0.2) is 51.1 Å². The Morgan fingerprint density at radius 2 is 2.20 bits per heavy atom. The Labute approximate surface area is 180 Å². The van der Waals surface area contributed by atoms with E-state index in [1.165, 1.54) is 52.4 Å². The highest BCUT2D eigenvalue weighted by Crippen LogP contribution is 2.30. The van der Waals surface area contributed by atoms with Gasteiger partial charge in [-0.25, -0.2) is 4.98 Å². The lowest BCUT2D eigenvalue weighted by Crippen LogP contribution is -2.33. The van der Waals surface area contributed by atoms with E-state index < -0.39 is 4.92 Å². The van der Waals surface area contributed by atoms with Crippen molar-refractivity contribution in [3.8, 4) is 5.69 Å². The quantitative estimate of drug-likeness (QED) is 0.296. The molecule has 0 spiro atoms. The van der Waals surface area contributed by atoms with Crippen LogP contribution in [0, 0.1) is 10.1 Å². The molecule has 1 saturated heterocycles. The van der Waals surface area contributed by atoms with Crippen LogP contribution in [0.2, 0.25) is 0 Å². The number of hydrogen-bond donors (Lipinski definition) is 1. The molecule has 3 heterocycles. The van der Waals surface area contributed by atoms with Gasteiger partial charge in [-0.1, -0.05) is 11.8 Å². The van der Waals surface area contributed by atoms with E-state index >= 15 is 0 Å². The largest absolute Gasteiger partial charge is 0.376 e. The number of benzene rings is 1. The molecule has 1 aromatic heterocycles. The van der Waals surface area contributed by atoms with E-state index in [1.54, 1.807) is 0 Å². The van der Waals surface area contributed by atoms with Crippen molar-refractivity contribution in [3.63, 3.8) is 0 Å². The number of aryl methyl sites for hydroxylation is 1. The van der Waals surface area contributed by atoms with Crippen LogP contribution in [0.4, 0.5) is 5.69 Å². The number of carbonyl (C=O) groups excluding carboxylic acids is 1. The molecule has 2 aliphatic heterocycles. The van der Waals surface area contributed by atoms with Gasteiger partial charge < -0.3 is 10.1 Å². The molecule has 2 aliphatic rings. The minimum absolute atomic E-state index is 0.0574. The second kappa shape index (κ2) is 9.19. The van der Waals surface area contributed by atoms with Crippen LogP contribution in [-0.2, 0) is 16.0 Å². The molecule has 0 unspecified atom stereocenters. The molecule has 30 heavy (non-hydrogen) atoms. The zero-order chi connectivity index (χ0) is 21.1. The van der Waals surface area contributed by atoms with Gasteiger partial charge in [-0.05, 0) is 25.0 Å². The molecule has 11 heteroatoms. The summed E-state index contributed by atoms with van der Waals surface area (Å²) in [6.45, 7) is 1.21. The zero-order valence-corrected chi connectivity index (χ0v) is 17.7. The third-order valence-corrected chi connectivity index (χ3v) is 6.91. The zero-order valence-electron chi connectivity index (χ0n) is 16.0. The predicted molar refractivity (Wildman–Crippen MR) is 114 cm³/mol. The highest BCUT2D eigenvalue weighted by atomic mass is 32.2. The van der Waals surface area contributed by atoms with Crippen molar-refractivity contribution in [2.75, 3.05) is 24.7 Å². The number of ether oxygens (including phenoxy) is 1. The van der Waals surface area contributed by atoms with Crippen LogP contribution in [0.3, 0.4) is 0 Å². The molecule has 1 aromatic carbocycles. The van der Waals surface area contributed by atoms with Gasteiger partial charge in [0.25, 0.3) is 11.2 Å². The third-order valence-electron chi connectivity index (χ3n) is 4.87. The van der Waals surface area contributed by atoms with Gasteiger partial charge in [0.05, 0.1) is 33.1 Å². The second-order valence-electron chi connectivity index (χ2n) is 6.91. The number of aromatic nitrogens is 2. The van der Waals surface area contributed by atoms with Crippen LogP contribution >= 0.6 is 23.5 Å². The van der Waals surface area contributed by atoms with Crippen molar-refractivity contribution < 1.29 is 14.5 Å². The number of rotatable bonds is 7. The van der Waals surface area contributed by atoms with E-state index in [-0.39, 0.29) is 29.0 Å². The molecular formula is C19H20N4O5S2. The van der Waals surface area contributed by atoms with Crippen molar-refractivity contribution in [1.82, 2.24) is 14.9 Å². The van der Waals surface area contributed by atoms with Crippen molar-refractivity contribution in [2.24, 2.45) is 0 Å². The Morgan fingerprint density at radius 1 is 1.40 bits per heavy atom.